The highest BCUT2D eigenvalue weighted by Crippen LogP contribution is 2.16. The van der Waals surface area contributed by atoms with Crippen LogP contribution in [0.5, 0.6) is 0 Å². The summed E-state index contributed by atoms with van der Waals surface area (Å²) < 4.78 is 35.2. The number of primary sulfonamides is 1. The summed E-state index contributed by atoms with van der Waals surface area (Å²) in [6.07, 6.45) is 0.710. The van der Waals surface area contributed by atoms with Crippen molar-refractivity contribution in [2.75, 3.05) is 0 Å². The molecular weight excluding hydrogens is 217 g/mol. The largest absolute Gasteiger partial charge is 0.240 e. The number of hydrogen-bond acceptors (Lipinski definition) is 2. The van der Waals surface area contributed by atoms with Gasteiger partial charge in [-0.25, -0.2) is 17.9 Å². The second-order valence-corrected chi connectivity index (χ2v) is 5.44. The molecule has 15 heavy (non-hydrogen) atoms. The summed E-state index contributed by atoms with van der Waals surface area (Å²) in [6.45, 7) is 4.01. The number of hydrogen-bond donors (Lipinski definition) is 1. The molecule has 5 heteroatoms. The minimum absolute atomic E-state index is 0.393. The monoisotopic (exact) mass is 231 g/mol. The van der Waals surface area contributed by atoms with E-state index < -0.39 is 20.7 Å². The van der Waals surface area contributed by atoms with Gasteiger partial charge in [0.1, 0.15) is 10.7 Å². The van der Waals surface area contributed by atoms with Crippen molar-refractivity contribution in [2.45, 2.75) is 25.2 Å². The minimum Gasteiger partial charge on any atom is -0.225 e. The highest BCUT2D eigenvalue weighted by atomic mass is 32.2. The van der Waals surface area contributed by atoms with Gasteiger partial charge in [-0.3, -0.25) is 0 Å². The maximum Gasteiger partial charge on any atom is 0.240 e. The van der Waals surface area contributed by atoms with Crippen LogP contribution < -0.4 is 5.14 Å². The Morgan fingerprint density at radius 3 is 2.40 bits per heavy atom. The lowest BCUT2D eigenvalue weighted by molar-refractivity contribution is 0.564. The molecule has 0 saturated heterocycles. The van der Waals surface area contributed by atoms with E-state index in [-0.39, 0.29) is 0 Å². The molecule has 0 unspecified atom stereocenters. The van der Waals surface area contributed by atoms with Gasteiger partial charge in [0.15, 0.2) is 0 Å². The van der Waals surface area contributed by atoms with Crippen molar-refractivity contribution < 1.29 is 12.8 Å². The van der Waals surface area contributed by atoms with Gasteiger partial charge in [0.05, 0.1) is 0 Å². The summed E-state index contributed by atoms with van der Waals surface area (Å²) in [6, 6.07) is 4.02. The van der Waals surface area contributed by atoms with Gasteiger partial charge in [0.25, 0.3) is 0 Å². The first-order chi connectivity index (χ1) is 6.80. The maximum absolute atomic E-state index is 13.3. The molecule has 0 aliphatic rings. The van der Waals surface area contributed by atoms with Crippen LogP contribution in [0.1, 0.15) is 19.4 Å². The highest BCUT2D eigenvalue weighted by molar-refractivity contribution is 7.89. The van der Waals surface area contributed by atoms with E-state index in [1.54, 1.807) is 6.07 Å². The van der Waals surface area contributed by atoms with Crippen LogP contribution >= 0.6 is 0 Å². The van der Waals surface area contributed by atoms with Gasteiger partial charge < -0.3 is 0 Å². The van der Waals surface area contributed by atoms with Crippen LogP contribution in [0.2, 0.25) is 0 Å². The van der Waals surface area contributed by atoms with E-state index in [9.17, 15) is 12.8 Å². The van der Waals surface area contributed by atoms with Gasteiger partial charge in [-0.2, -0.15) is 0 Å². The quantitative estimate of drug-likeness (QED) is 0.860. The molecule has 0 aliphatic carbocycles. The molecule has 1 rings (SSSR count). The van der Waals surface area contributed by atoms with E-state index in [0.29, 0.717) is 12.3 Å². The van der Waals surface area contributed by atoms with Crippen molar-refractivity contribution in [1.82, 2.24) is 0 Å². The number of sulfonamides is 1. The number of rotatable bonds is 3. The average Bonchev–Trinajstić information content (AvgIpc) is 1.99. The fraction of sp³-hybridized carbons (Fsp3) is 0.400. The Kier molecular flexibility index (Phi) is 3.46. The zero-order valence-corrected chi connectivity index (χ0v) is 9.51. The summed E-state index contributed by atoms with van der Waals surface area (Å²) >= 11 is 0. The normalized spacial score (nSPS) is 12.1. The molecule has 0 bridgehead atoms. The highest BCUT2D eigenvalue weighted by Gasteiger charge is 2.14. The molecule has 3 nitrogen and oxygen atoms in total. The molecule has 0 fully saturated rings. The molecule has 1 aromatic rings. The first-order valence-corrected chi connectivity index (χ1v) is 6.16. The molecule has 0 spiro atoms. The second kappa shape index (κ2) is 4.28. The summed E-state index contributed by atoms with van der Waals surface area (Å²) in [5, 5.41) is 4.84. The standard InChI is InChI=1S/C10H14FNO2S/c1-7(2)5-8-3-4-10(9(11)6-8)15(12,13)14/h3-4,6-7H,5H2,1-2H3,(H2,12,13,14). The van der Waals surface area contributed by atoms with Crippen molar-refractivity contribution in [3.8, 4) is 0 Å². The zero-order chi connectivity index (χ0) is 11.6. The Morgan fingerprint density at radius 1 is 1.40 bits per heavy atom. The van der Waals surface area contributed by atoms with Crippen LogP contribution in [-0.2, 0) is 16.4 Å². The van der Waals surface area contributed by atoms with Crippen molar-refractivity contribution in [3.63, 3.8) is 0 Å². The molecule has 0 atom stereocenters. The van der Waals surface area contributed by atoms with E-state index in [4.69, 9.17) is 5.14 Å². The van der Waals surface area contributed by atoms with Gasteiger partial charge >= 0.3 is 0 Å². The fourth-order valence-corrected chi connectivity index (χ4v) is 1.96. The maximum atomic E-state index is 13.3. The zero-order valence-electron chi connectivity index (χ0n) is 8.70. The SMILES string of the molecule is CC(C)Cc1ccc(S(N)(=O)=O)c(F)c1. The molecule has 2 N–H and O–H groups in total. The van der Waals surface area contributed by atoms with Crippen LogP contribution in [-0.4, -0.2) is 8.42 Å². The van der Waals surface area contributed by atoms with E-state index in [1.807, 2.05) is 13.8 Å². The number of nitrogens with two attached hydrogens (primary N) is 1. The van der Waals surface area contributed by atoms with E-state index >= 15 is 0 Å². The van der Waals surface area contributed by atoms with Gasteiger partial charge in [0.2, 0.25) is 10.0 Å². The number of halogens is 1. The molecule has 0 amide bonds. The van der Waals surface area contributed by atoms with E-state index in [0.717, 1.165) is 5.56 Å². The molecule has 0 radical (unpaired) electrons. The summed E-state index contributed by atoms with van der Waals surface area (Å²) in [7, 11) is -3.95. The van der Waals surface area contributed by atoms with Gasteiger partial charge in [-0.05, 0) is 30.0 Å². The smallest absolute Gasteiger partial charge is 0.225 e. The summed E-state index contributed by atoms with van der Waals surface area (Å²) in [5.74, 6) is -0.389. The first kappa shape index (κ1) is 12.1. The molecule has 1 aromatic carbocycles. The Bertz CT molecular complexity index is 454. The molecule has 0 aromatic heterocycles. The Hall–Kier alpha value is -0.940. The average molecular weight is 231 g/mol. The van der Waals surface area contributed by atoms with Crippen LogP contribution in [0.4, 0.5) is 4.39 Å². The molecule has 0 aliphatic heterocycles. The van der Waals surface area contributed by atoms with Gasteiger partial charge in [-0.15, -0.1) is 0 Å². The van der Waals surface area contributed by atoms with E-state index in [1.165, 1.54) is 12.1 Å². The predicted molar refractivity (Wildman–Crippen MR) is 56.3 cm³/mol. The van der Waals surface area contributed by atoms with Crippen molar-refractivity contribution in [1.29, 1.82) is 0 Å². The molecule has 0 saturated carbocycles. The van der Waals surface area contributed by atoms with E-state index in [2.05, 4.69) is 0 Å². The lowest BCUT2D eigenvalue weighted by Crippen LogP contribution is -2.14. The van der Waals surface area contributed by atoms with Crippen molar-refractivity contribution in [3.05, 3.63) is 29.6 Å². The lowest BCUT2D eigenvalue weighted by Gasteiger charge is -2.06. The summed E-state index contributed by atoms with van der Waals surface area (Å²) in [4.78, 5) is -0.449. The van der Waals surface area contributed by atoms with Gasteiger partial charge in [-0.1, -0.05) is 19.9 Å². The summed E-state index contributed by atoms with van der Waals surface area (Å²) in [5.41, 5.74) is 0.773. The van der Waals surface area contributed by atoms with Crippen LogP contribution in [0.25, 0.3) is 0 Å². The second-order valence-electron chi connectivity index (χ2n) is 3.91. The lowest BCUT2D eigenvalue weighted by atomic mass is 10.0. The van der Waals surface area contributed by atoms with Crippen molar-refractivity contribution >= 4 is 10.0 Å². The third-order valence-electron chi connectivity index (χ3n) is 1.95. The van der Waals surface area contributed by atoms with Crippen LogP contribution in [0.3, 0.4) is 0 Å². The molecular formula is C10H14FNO2S. The molecule has 0 heterocycles. The van der Waals surface area contributed by atoms with Crippen LogP contribution in [0.15, 0.2) is 23.1 Å². The predicted octanol–water partition coefficient (Wildman–Crippen LogP) is 1.67. The Balaban J connectivity index is 3.09. The number of benzene rings is 1. The minimum atomic E-state index is -3.95. The topological polar surface area (TPSA) is 60.2 Å². The fourth-order valence-electron chi connectivity index (χ4n) is 1.37. The molecule has 84 valence electrons. The third-order valence-corrected chi connectivity index (χ3v) is 2.89. The first-order valence-electron chi connectivity index (χ1n) is 4.62. The van der Waals surface area contributed by atoms with Gasteiger partial charge in [0, 0.05) is 0 Å². The Labute approximate surface area is 89.2 Å². The van der Waals surface area contributed by atoms with Crippen molar-refractivity contribution in [2.24, 2.45) is 11.1 Å². The third kappa shape index (κ3) is 3.28. The Morgan fingerprint density at radius 2 is 2.00 bits per heavy atom. The van der Waals surface area contributed by atoms with Crippen LogP contribution in [0, 0.1) is 11.7 Å².